The van der Waals surface area contributed by atoms with Crippen LogP contribution in [0.1, 0.15) is 31.9 Å². The fourth-order valence-corrected chi connectivity index (χ4v) is 4.40. The molecule has 0 saturated carbocycles. The summed E-state index contributed by atoms with van der Waals surface area (Å²) in [7, 11) is 3.06. The molecule has 0 aliphatic rings. The summed E-state index contributed by atoms with van der Waals surface area (Å²) in [6.07, 6.45) is 0.298. The zero-order valence-corrected chi connectivity index (χ0v) is 24.3. The van der Waals surface area contributed by atoms with E-state index >= 15 is 0 Å². The average Bonchev–Trinajstić information content (AvgIpc) is 2.89. The molecule has 3 aromatic carbocycles. The summed E-state index contributed by atoms with van der Waals surface area (Å²) >= 11 is 12.6. The zero-order chi connectivity index (χ0) is 28.6. The summed E-state index contributed by atoms with van der Waals surface area (Å²) in [6, 6.07) is 18.8. The predicted octanol–water partition coefficient (Wildman–Crippen LogP) is 5.94. The third kappa shape index (κ3) is 9.08. The van der Waals surface area contributed by atoms with Crippen LogP contribution in [0, 0.1) is 0 Å². The number of carbonyl (C=O) groups is 2. The van der Waals surface area contributed by atoms with Crippen molar-refractivity contribution in [3.63, 3.8) is 0 Å². The van der Waals surface area contributed by atoms with Crippen molar-refractivity contribution in [2.75, 3.05) is 20.8 Å². The minimum atomic E-state index is -0.839. The number of nitrogens with zero attached hydrogens (tertiary/aromatic N) is 1. The second-order valence-electron chi connectivity index (χ2n) is 10.0. The number of nitrogens with one attached hydrogen (secondary N) is 1. The molecule has 208 valence electrons. The largest absolute Gasteiger partial charge is 0.496 e. The molecule has 0 saturated heterocycles. The fraction of sp³-hybridized carbons (Fsp3) is 0.333. The van der Waals surface area contributed by atoms with Crippen LogP contribution >= 0.6 is 23.2 Å². The van der Waals surface area contributed by atoms with Crippen LogP contribution in [0.25, 0.3) is 0 Å². The molecule has 1 atom stereocenters. The Kier molecular flexibility index (Phi) is 10.5. The number of ether oxygens (including phenoxy) is 3. The summed E-state index contributed by atoms with van der Waals surface area (Å²) in [5.74, 6) is 0.754. The molecular formula is C30H34Cl2N2O5. The molecule has 0 aliphatic heterocycles. The average molecular weight is 574 g/mol. The van der Waals surface area contributed by atoms with Crippen molar-refractivity contribution in [2.45, 2.75) is 45.3 Å². The molecule has 9 heteroatoms. The molecule has 7 nitrogen and oxygen atoms in total. The van der Waals surface area contributed by atoms with Crippen molar-refractivity contribution in [1.29, 1.82) is 0 Å². The van der Waals surface area contributed by atoms with E-state index in [9.17, 15) is 9.59 Å². The predicted molar refractivity (Wildman–Crippen MR) is 154 cm³/mol. The fourth-order valence-electron chi connectivity index (χ4n) is 3.93. The summed E-state index contributed by atoms with van der Waals surface area (Å²) < 4.78 is 16.5. The van der Waals surface area contributed by atoms with Crippen molar-refractivity contribution in [3.8, 4) is 17.2 Å². The molecule has 39 heavy (non-hydrogen) atoms. The van der Waals surface area contributed by atoms with Crippen molar-refractivity contribution < 1.29 is 23.8 Å². The molecule has 0 heterocycles. The van der Waals surface area contributed by atoms with Crippen LogP contribution in [-0.4, -0.2) is 49.1 Å². The summed E-state index contributed by atoms with van der Waals surface area (Å²) in [4.78, 5) is 28.9. The molecule has 0 fully saturated rings. The second kappa shape index (κ2) is 13.6. The van der Waals surface area contributed by atoms with Gasteiger partial charge in [0, 0.05) is 46.7 Å². The van der Waals surface area contributed by atoms with Crippen molar-refractivity contribution in [2.24, 2.45) is 0 Å². The summed E-state index contributed by atoms with van der Waals surface area (Å²) in [5.41, 5.74) is 1.05. The maximum Gasteiger partial charge on any atom is 0.261 e. The van der Waals surface area contributed by atoms with Gasteiger partial charge in [-0.1, -0.05) is 59.6 Å². The topological polar surface area (TPSA) is 77.1 Å². The van der Waals surface area contributed by atoms with E-state index in [1.54, 1.807) is 36.4 Å². The van der Waals surface area contributed by atoms with Crippen LogP contribution in [0.4, 0.5) is 0 Å². The quantitative estimate of drug-likeness (QED) is 0.307. The first-order chi connectivity index (χ1) is 18.5. The maximum absolute atomic E-state index is 13.8. The Morgan fingerprint density at radius 1 is 0.897 bits per heavy atom. The highest BCUT2D eigenvalue weighted by Gasteiger charge is 2.33. The van der Waals surface area contributed by atoms with Gasteiger partial charge in [-0.05, 0) is 44.0 Å². The third-order valence-electron chi connectivity index (χ3n) is 5.81. The lowest BCUT2D eigenvalue weighted by molar-refractivity contribution is -0.143. The lowest BCUT2D eigenvalue weighted by atomic mass is 10.0. The van der Waals surface area contributed by atoms with Crippen LogP contribution in [0.3, 0.4) is 0 Å². The number of hydrogen-bond donors (Lipinski definition) is 1. The van der Waals surface area contributed by atoms with Gasteiger partial charge in [0.2, 0.25) is 5.91 Å². The number of methoxy groups -OCH3 is 2. The molecule has 3 rings (SSSR count). The molecule has 0 radical (unpaired) electrons. The van der Waals surface area contributed by atoms with Crippen LogP contribution in [0.5, 0.6) is 17.2 Å². The Balaban J connectivity index is 1.97. The van der Waals surface area contributed by atoms with E-state index in [1.165, 1.54) is 19.1 Å². The van der Waals surface area contributed by atoms with Crippen LogP contribution in [0.15, 0.2) is 66.7 Å². The lowest BCUT2D eigenvalue weighted by Crippen LogP contribution is -2.55. The zero-order valence-electron chi connectivity index (χ0n) is 22.8. The highest BCUT2D eigenvalue weighted by atomic mass is 35.5. The van der Waals surface area contributed by atoms with Gasteiger partial charge in [0.25, 0.3) is 5.91 Å². The number of amides is 2. The molecule has 3 aromatic rings. The molecule has 0 spiro atoms. The first-order valence-electron chi connectivity index (χ1n) is 12.4. The van der Waals surface area contributed by atoms with Gasteiger partial charge in [0.15, 0.2) is 6.61 Å². The van der Waals surface area contributed by atoms with Crippen LogP contribution in [0.2, 0.25) is 10.0 Å². The second-order valence-corrected chi connectivity index (χ2v) is 10.9. The highest BCUT2D eigenvalue weighted by molar-refractivity contribution is 6.35. The van der Waals surface area contributed by atoms with Crippen molar-refractivity contribution >= 4 is 35.0 Å². The summed E-state index contributed by atoms with van der Waals surface area (Å²) in [5, 5.41) is 3.90. The highest BCUT2D eigenvalue weighted by Crippen LogP contribution is 2.28. The van der Waals surface area contributed by atoms with E-state index in [0.29, 0.717) is 39.3 Å². The van der Waals surface area contributed by atoms with Crippen LogP contribution in [-0.2, 0) is 22.6 Å². The van der Waals surface area contributed by atoms with Crippen LogP contribution < -0.4 is 19.5 Å². The summed E-state index contributed by atoms with van der Waals surface area (Å²) in [6.45, 7) is 5.44. The van der Waals surface area contributed by atoms with Gasteiger partial charge in [0.05, 0.1) is 14.2 Å². The van der Waals surface area contributed by atoms with Crippen molar-refractivity contribution in [3.05, 3.63) is 87.9 Å². The molecule has 2 amide bonds. The van der Waals surface area contributed by atoms with Gasteiger partial charge in [-0.25, -0.2) is 0 Å². The van der Waals surface area contributed by atoms with E-state index in [1.807, 2.05) is 51.1 Å². The molecule has 0 bridgehead atoms. The Bertz CT molecular complexity index is 1260. The number of halogens is 2. The number of benzene rings is 3. The van der Waals surface area contributed by atoms with E-state index in [2.05, 4.69) is 5.32 Å². The number of hydrogen-bond acceptors (Lipinski definition) is 5. The van der Waals surface area contributed by atoms with E-state index in [-0.39, 0.29) is 19.1 Å². The third-order valence-corrected chi connectivity index (χ3v) is 6.40. The van der Waals surface area contributed by atoms with Gasteiger partial charge in [-0.3, -0.25) is 9.59 Å². The Morgan fingerprint density at radius 3 is 2.08 bits per heavy atom. The Morgan fingerprint density at radius 2 is 1.51 bits per heavy atom. The molecule has 1 unspecified atom stereocenters. The van der Waals surface area contributed by atoms with Gasteiger partial charge in [-0.15, -0.1) is 0 Å². The minimum Gasteiger partial charge on any atom is -0.496 e. The lowest BCUT2D eigenvalue weighted by Gasteiger charge is -2.34. The SMILES string of the molecule is COc1cc(OC)cc(OCC(=O)N(Cc2ccc(Cl)cc2Cl)C(Cc2ccccc2)C(=O)NC(C)(C)C)c1. The molecule has 0 aliphatic carbocycles. The Hall–Kier alpha value is -3.42. The minimum absolute atomic E-state index is 0.0781. The monoisotopic (exact) mass is 572 g/mol. The van der Waals surface area contributed by atoms with E-state index in [4.69, 9.17) is 37.4 Å². The standard InChI is InChI=1S/C30H34Cl2N2O5/c1-30(2,3)33-29(36)27(13-20-9-7-6-8-10-20)34(18-21-11-12-22(31)14-26(21)32)28(35)19-39-25-16-23(37-4)15-24(17-25)38-5/h6-12,14-17,27H,13,18-19H2,1-5H3,(H,33,36). The molecular weight excluding hydrogens is 539 g/mol. The first kappa shape index (κ1) is 30.1. The van der Waals surface area contributed by atoms with Gasteiger partial charge in [0.1, 0.15) is 23.3 Å². The van der Waals surface area contributed by atoms with E-state index < -0.39 is 17.5 Å². The smallest absolute Gasteiger partial charge is 0.261 e. The van der Waals surface area contributed by atoms with E-state index in [0.717, 1.165) is 5.56 Å². The number of carbonyl (C=O) groups excluding carboxylic acids is 2. The van der Waals surface area contributed by atoms with Gasteiger partial charge < -0.3 is 24.4 Å². The van der Waals surface area contributed by atoms with Crippen molar-refractivity contribution in [1.82, 2.24) is 10.2 Å². The Labute approximate surface area is 240 Å². The van der Waals surface area contributed by atoms with Gasteiger partial charge in [-0.2, -0.15) is 0 Å². The normalized spacial score (nSPS) is 11.9. The molecule has 0 aromatic heterocycles. The first-order valence-corrected chi connectivity index (χ1v) is 13.2. The van der Waals surface area contributed by atoms with Gasteiger partial charge >= 0.3 is 0 Å². The number of rotatable bonds is 11. The molecule has 1 N–H and O–H groups in total. The maximum atomic E-state index is 13.8.